The molecule has 0 saturated carbocycles. The molecule has 0 radical (unpaired) electrons. The van der Waals surface area contributed by atoms with Gasteiger partial charge in [0, 0.05) is 12.6 Å². The van der Waals surface area contributed by atoms with E-state index < -0.39 is 16.0 Å². The summed E-state index contributed by atoms with van der Waals surface area (Å²) in [6.45, 7) is 3.71. The lowest BCUT2D eigenvalue weighted by atomic mass is 10.1. The molecule has 0 fully saturated rings. The van der Waals surface area contributed by atoms with Gasteiger partial charge in [0.2, 0.25) is 3.67 Å². The molecule has 106 valence electrons. The van der Waals surface area contributed by atoms with Gasteiger partial charge < -0.3 is 0 Å². The zero-order valence-corrected chi connectivity index (χ0v) is 13.0. The summed E-state index contributed by atoms with van der Waals surface area (Å²) in [4.78, 5) is 3.93. The number of hydrogen-bond donors (Lipinski definition) is 0. The Labute approximate surface area is 126 Å². The lowest BCUT2D eigenvalue weighted by Crippen LogP contribution is -2.35. The first-order valence-corrected chi connectivity index (χ1v) is 7.31. The number of halogens is 4. The smallest absolute Gasteiger partial charge is 0.250 e. The van der Waals surface area contributed by atoms with E-state index in [1.807, 2.05) is 13.8 Å². The Bertz CT molecular complexity index is 432. The fourth-order valence-electron chi connectivity index (χ4n) is 1.30. The molecule has 1 nitrogen and oxygen atoms in total. The van der Waals surface area contributed by atoms with Gasteiger partial charge in [-0.25, -0.2) is 13.8 Å². The maximum atomic E-state index is 14.0. The largest absolute Gasteiger partial charge is 0.290 e. The van der Waals surface area contributed by atoms with Crippen molar-refractivity contribution in [3.05, 3.63) is 36.0 Å². The van der Waals surface area contributed by atoms with Gasteiger partial charge in [0.15, 0.2) is 0 Å². The van der Waals surface area contributed by atoms with E-state index in [0.717, 1.165) is 5.57 Å². The highest BCUT2D eigenvalue weighted by molar-refractivity contribution is 8.03. The SMILES string of the molecule is CC(C)=CCCC(F)(F)C(Cl)(Cl)Sc1ccccn1. The molecule has 0 aliphatic rings. The van der Waals surface area contributed by atoms with E-state index in [4.69, 9.17) is 23.2 Å². The molecule has 0 unspecified atom stereocenters. The third-order valence-electron chi connectivity index (χ3n) is 2.31. The summed E-state index contributed by atoms with van der Waals surface area (Å²) in [6, 6.07) is 4.98. The number of hydrogen-bond acceptors (Lipinski definition) is 2. The number of allylic oxidation sites excluding steroid dienone is 2. The van der Waals surface area contributed by atoms with Crippen molar-refractivity contribution in [2.24, 2.45) is 0 Å². The van der Waals surface area contributed by atoms with Gasteiger partial charge in [-0.2, -0.15) is 0 Å². The highest BCUT2D eigenvalue weighted by Crippen LogP contribution is 2.52. The second-order valence-electron chi connectivity index (χ2n) is 4.31. The Hall–Kier alpha value is -0.320. The third-order valence-corrected chi connectivity index (χ3v) is 4.33. The number of pyridine rings is 1. The molecule has 19 heavy (non-hydrogen) atoms. The van der Waals surface area contributed by atoms with Crippen LogP contribution in [0.3, 0.4) is 0 Å². The van der Waals surface area contributed by atoms with E-state index in [1.54, 1.807) is 24.3 Å². The minimum atomic E-state index is -3.20. The first-order valence-electron chi connectivity index (χ1n) is 5.74. The van der Waals surface area contributed by atoms with Gasteiger partial charge in [0.1, 0.15) is 0 Å². The fourth-order valence-corrected chi connectivity index (χ4v) is 2.74. The Morgan fingerprint density at radius 1 is 1.37 bits per heavy atom. The van der Waals surface area contributed by atoms with Gasteiger partial charge in [0.05, 0.1) is 5.03 Å². The van der Waals surface area contributed by atoms with Gasteiger partial charge in [-0.05, 0) is 32.4 Å². The second kappa shape index (κ2) is 6.91. The third kappa shape index (κ3) is 5.28. The lowest BCUT2D eigenvalue weighted by Gasteiger charge is -2.28. The number of thioether (sulfide) groups is 1. The maximum Gasteiger partial charge on any atom is 0.290 e. The van der Waals surface area contributed by atoms with Crippen LogP contribution in [0.15, 0.2) is 41.1 Å². The predicted molar refractivity (Wildman–Crippen MR) is 78.1 cm³/mol. The topological polar surface area (TPSA) is 12.9 Å². The van der Waals surface area contributed by atoms with E-state index in [2.05, 4.69) is 4.98 Å². The highest BCUT2D eigenvalue weighted by Gasteiger charge is 2.52. The Morgan fingerprint density at radius 3 is 2.58 bits per heavy atom. The number of alkyl halides is 4. The van der Waals surface area contributed by atoms with Crippen molar-refractivity contribution in [1.29, 1.82) is 0 Å². The summed E-state index contributed by atoms with van der Waals surface area (Å²) in [5.74, 6) is -3.20. The molecule has 0 saturated heterocycles. The van der Waals surface area contributed by atoms with Crippen molar-refractivity contribution >= 4 is 35.0 Å². The normalized spacial score (nSPS) is 12.3. The minimum absolute atomic E-state index is 0.235. The van der Waals surface area contributed by atoms with Gasteiger partial charge in [0.25, 0.3) is 5.92 Å². The average molecular weight is 326 g/mol. The maximum absolute atomic E-state index is 14.0. The van der Waals surface area contributed by atoms with E-state index in [9.17, 15) is 8.78 Å². The first kappa shape index (κ1) is 16.7. The van der Waals surface area contributed by atoms with E-state index in [1.165, 1.54) is 6.20 Å². The van der Waals surface area contributed by atoms with Crippen LogP contribution in [0.5, 0.6) is 0 Å². The number of aromatic nitrogens is 1. The van der Waals surface area contributed by atoms with Crippen molar-refractivity contribution in [3.63, 3.8) is 0 Å². The molecular formula is C13H15Cl2F2NS. The van der Waals surface area contributed by atoms with Gasteiger partial charge in [-0.1, -0.05) is 52.7 Å². The van der Waals surface area contributed by atoms with Crippen LogP contribution in [0.2, 0.25) is 0 Å². The van der Waals surface area contributed by atoms with Crippen LogP contribution in [0, 0.1) is 0 Å². The van der Waals surface area contributed by atoms with E-state index >= 15 is 0 Å². The Kier molecular flexibility index (Phi) is 6.09. The van der Waals surface area contributed by atoms with Crippen LogP contribution in [-0.2, 0) is 0 Å². The molecule has 1 heterocycles. The summed E-state index contributed by atoms with van der Waals surface area (Å²) in [5, 5.41) is 0.370. The van der Waals surface area contributed by atoms with Gasteiger partial charge >= 0.3 is 0 Å². The fraction of sp³-hybridized carbons (Fsp3) is 0.462. The van der Waals surface area contributed by atoms with Crippen LogP contribution in [0.25, 0.3) is 0 Å². The molecule has 1 aromatic heterocycles. The lowest BCUT2D eigenvalue weighted by molar-refractivity contribution is -0.000671. The van der Waals surface area contributed by atoms with Crippen molar-refractivity contribution < 1.29 is 8.78 Å². The minimum Gasteiger partial charge on any atom is -0.250 e. The first-order chi connectivity index (χ1) is 8.74. The average Bonchev–Trinajstić information content (AvgIpc) is 2.28. The quantitative estimate of drug-likeness (QED) is 0.378. The second-order valence-corrected chi connectivity index (χ2v) is 7.32. The predicted octanol–water partition coefficient (Wildman–Crippen LogP) is 5.69. The summed E-state index contributed by atoms with van der Waals surface area (Å²) >= 11 is 12.3. The molecule has 0 spiro atoms. The molecule has 0 atom stereocenters. The van der Waals surface area contributed by atoms with E-state index in [-0.39, 0.29) is 6.42 Å². The molecule has 0 bridgehead atoms. The Balaban J connectivity index is 2.71. The Morgan fingerprint density at radius 2 is 2.05 bits per heavy atom. The van der Waals surface area contributed by atoms with Crippen molar-refractivity contribution in [2.75, 3.05) is 0 Å². The van der Waals surface area contributed by atoms with Crippen LogP contribution in [0.1, 0.15) is 26.7 Å². The highest BCUT2D eigenvalue weighted by atomic mass is 35.5. The molecule has 1 rings (SSSR count). The molecule has 0 amide bonds. The van der Waals surface area contributed by atoms with Crippen LogP contribution >= 0.6 is 35.0 Å². The standard InChI is InChI=1S/C13H15Cl2F2NS/c1-10(2)6-5-8-12(16,17)13(14,15)19-11-7-3-4-9-18-11/h3-4,6-7,9H,5,8H2,1-2H3. The summed E-state index contributed by atoms with van der Waals surface area (Å²) < 4.78 is 25.8. The van der Waals surface area contributed by atoms with Crippen LogP contribution in [0.4, 0.5) is 8.78 Å². The van der Waals surface area contributed by atoms with Crippen LogP contribution in [-0.4, -0.2) is 14.6 Å². The number of nitrogens with zero attached hydrogens (tertiary/aromatic N) is 1. The molecular weight excluding hydrogens is 311 g/mol. The zero-order chi connectivity index (χ0) is 14.5. The van der Waals surface area contributed by atoms with Crippen molar-refractivity contribution in [3.8, 4) is 0 Å². The van der Waals surface area contributed by atoms with Crippen molar-refractivity contribution in [2.45, 2.75) is 41.3 Å². The summed E-state index contributed by atoms with van der Waals surface area (Å²) in [6.07, 6.45) is 3.08. The molecule has 0 aliphatic carbocycles. The van der Waals surface area contributed by atoms with Gasteiger partial charge in [-0.15, -0.1) is 0 Å². The summed E-state index contributed by atoms with van der Waals surface area (Å²) in [5.41, 5.74) is 0.989. The molecule has 6 heteroatoms. The molecule has 0 N–H and O–H groups in total. The summed E-state index contributed by atoms with van der Waals surface area (Å²) in [7, 11) is 0. The van der Waals surface area contributed by atoms with Crippen molar-refractivity contribution in [1.82, 2.24) is 4.98 Å². The molecule has 0 aromatic carbocycles. The monoisotopic (exact) mass is 325 g/mol. The number of rotatable bonds is 6. The molecule has 1 aromatic rings. The molecule has 0 aliphatic heterocycles. The van der Waals surface area contributed by atoms with Gasteiger partial charge in [-0.3, -0.25) is 0 Å². The zero-order valence-electron chi connectivity index (χ0n) is 10.7. The van der Waals surface area contributed by atoms with E-state index in [0.29, 0.717) is 16.8 Å². The van der Waals surface area contributed by atoms with Crippen LogP contribution < -0.4 is 0 Å².